The Kier molecular flexibility index (Phi) is 1.98. The maximum Gasteiger partial charge on any atom is 0.233 e. The average molecular weight is 176 g/mol. The Labute approximate surface area is 76.6 Å². The molecule has 0 spiro atoms. The summed E-state index contributed by atoms with van der Waals surface area (Å²) in [7, 11) is 1.92. The molecule has 13 heavy (non-hydrogen) atoms. The molecule has 0 aliphatic heterocycles. The van der Waals surface area contributed by atoms with E-state index >= 15 is 0 Å². The largest absolute Gasteiger partial charge is 0.314 e. The predicted molar refractivity (Wildman–Crippen MR) is 50.5 cm³/mol. The van der Waals surface area contributed by atoms with Crippen molar-refractivity contribution in [1.82, 2.24) is 19.7 Å². The van der Waals surface area contributed by atoms with Gasteiger partial charge in [-0.1, -0.05) is 0 Å². The quantitative estimate of drug-likeness (QED) is 0.734. The molecule has 1 N–H and O–H groups in total. The van der Waals surface area contributed by atoms with Crippen LogP contribution in [-0.2, 0) is 6.54 Å². The topological polar surface area (TPSA) is 42.2 Å². The molecule has 2 aromatic rings. The third-order valence-electron chi connectivity index (χ3n) is 1.93. The molecule has 68 valence electrons. The van der Waals surface area contributed by atoms with Crippen LogP contribution >= 0.6 is 0 Å². The molecule has 0 unspecified atom stereocenters. The standard InChI is InChI=1S/C9H12N4/c1-7-3-11-9-12-5-8(4-10-2)13(9)6-7/h3,5-6,10H,4H2,1-2H3. The first-order valence-electron chi connectivity index (χ1n) is 4.24. The van der Waals surface area contributed by atoms with Gasteiger partial charge < -0.3 is 5.32 Å². The molecule has 0 fully saturated rings. The number of aromatic nitrogens is 3. The van der Waals surface area contributed by atoms with Crippen LogP contribution in [0.2, 0.25) is 0 Å². The van der Waals surface area contributed by atoms with Crippen LogP contribution in [0.5, 0.6) is 0 Å². The lowest BCUT2D eigenvalue weighted by Crippen LogP contribution is -2.07. The predicted octanol–water partition coefficient (Wildman–Crippen LogP) is 0.757. The van der Waals surface area contributed by atoms with Gasteiger partial charge >= 0.3 is 0 Å². The second kappa shape index (κ2) is 3.14. The lowest BCUT2D eigenvalue weighted by atomic mass is 10.4. The molecule has 0 atom stereocenters. The Hall–Kier alpha value is -1.42. The van der Waals surface area contributed by atoms with Gasteiger partial charge in [0.2, 0.25) is 5.78 Å². The SMILES string of the molecule is CNCc1cnc2ncc(C)cn12. The van der Waals surface area contributed by atoms with Crippen LogP contribution in [0.3, 0.4) is 0 Å². The molecule has 0 saturated carbocycles. The molecule has 4 heteroatoms. The summed E-state index contributed by atoms with van der Waals surface area (Å²) in [6, 6.07) is 0. The molecule has 0 amide bonds. The van der Waals surface area contributed by atoms with Crippen molar-refractivity contribution in [1.29, 1.82) is 0 Å². The Morgan fingerprint density at radius 2 is 2.15 bits per heavy atom. The molecular formula is C9H12N4. The first-order chi connectivity index (χ1) is 6.31. The average Bonchev–Trinajstić information content (AvgIpc) is 2.49. The third kappa shape index (κ3) is 1.40. The number of aryl methyl sites for hydroxylation is 1. The van der Waals surface area contributed by atoms with E-state index in [1.54, 1.807) is 0 Å². The maximum absolute atomic E-state index is 4.21. The summed E-state index contributed by atoms with van der Waals surface area (Å²) in [5, 5.41) is 3.09. The van der Waals surface area contributed by atoms with Gasteiger partial charge in [-0.25, -0.2) is 9.97 Å². The van der Waals surface area contributed by atoms with E-state index in [1.165, 1.54) is 0 Å². The molecule has 4 nitrogen and oxygen atoms in total. The number of rotatable bonds is 2. The van der Waals surface area contributed by atoms with Crippen LogP contribution in [0, 0.1) is 6.92 Å². The highest BCUT2D eigenvalue weighted by Crippen LogP contribution is 2.05. The highest BCUT2D eigenvalue weighted by atomic mass is 15.1. The summed E-state index contributed by atoms with van der Waals surface area (Å²) in [6.45, 7) is 2.84. The number of hydrogen-bond donors (Lipinski definition) is 1. The fraction of sp³-hybridized carbons (Fsp3) is 0.333. The molecule has 0 aliphatic rings. The van der Waals surface area contributed by atoms with E-state index in [1.807, 2.05) is 37.0 Å². The molecular weight excluding hydrogens is 164 g/mol. The van der Waals surface area contributed by atoms with E-state index in [4.69, 9.17) is 0 Å². The first-order valence-corrected chi connectivity index (χ1v) is 4.24. The van der Waals surface area contributed by atoms with Crippen molar-refractivity contribution < 1.29 is 0 Å². The minimum atomic E-state index is 0.760. The Morgan fingerprint density at radius 3 is 2.92 bits per heavy atom. The normalized spacial score (nSPS) is 10.9. The first kappa shape index (κ1) is 8.19. The molecule has 0 aliphatic carbocycles. The number of imidazole rings is 1. The van der Waals surface area contributed by atoms with Crippen molar-refractivity contribution in [3.8, 4) is 0 Å². The van der Waals surface area contributed by atoms with Gasteiger partial charge in [0.1, 0.15) is 0 Å². The summed E-state index contributed by atoms with van der Waals surface area (Å²) >= 11 is 0. The van der Waals surface area contributed by atoms with Crippen molar-refractivity contribution in [2.75, 3.05) is 7.05 Å². The summed E-state index contributed by atoms with van der Waals surface area (Å²) in [4.78, 5) is 8.40. The Morgan fingerprint density at radius 1 is 1.38 bits per heavy atom. The highest BCUT2D eigenvalue weighted by Gasteiger charge is 2.01. The van der Waals surface area contributed by atoms with E-state index in [0.29, 0.717) is 0 Å². The Balaban J connectivity index is 2.58. The van der Waals surface area contributed by atoms with Gasteiger partial charge in [0.15, 0.2) is 0 Å². The molecule has 0 saturated heterocycles. The van der Waals surface area contributed by atoms with Gasteiger partial charge in [-0.15, -0.1) is 0 Å². The second-order valence-electron chi connectivity index (χ2n) is 3.08. The van der Waals surface area contributed by atoms with Gasteiger partial charge in [-0.05, 0) is 19.5 Å². The minimum absolute atomic E-state index is 0.760. The number of nitrogens with one attached hydrogen (secondary N) is 1. The molecule has 2 rings (SSSR count). The van der Waals surface area contributed by atoms with Gasteiger partial charge in [0.05, 0.1) is 11.9 Å². The van der Waals surface area contributed by atoms with Gasteiger partial charge in [-0.2, -0.15) is 0 Å². The van der Waals surface area contributed by atoms with Gasteiger partial charge in [0.25, 0.3) is 0 Å². The molecule has 0 aromatic carbocycles. The molecule has 2 aromatic heterocycles. The number of hydrogen-bond acceptors (Lipinski definition) is 3. The fourth-order valence-corrected chi connectivity index (χ4v) is 1.33. The molecule has 0 radical (unpaired) electrons. The summed E-state index contributed by atoms with van der Waals surface area (Å²) in [6.07, 6.45) is 5.71. The number of fused-ring (bicyclic) bond motifs is 1. The van der Waals surface area contributed by atoms with Gasteiger partial charge in [-0.3, -0.25) is 4.40 Å². The zero-order chi connectivity index (χ0) is 9.26. The van der Waals surface area contributed by atoms with Crippen LogP contribution in [0.4, 0.5) is 0 Å². The summed E-state index contributed by atoms with van der Waals surface area (Å²) in [5.74, 6) is 0.760. The van der Waals surface area contributed by atoms with E-state index in [9.17, 15) is 0 Å². The smallest absolute Gasteiger partial charge is 0.233 e. The lowest BCUT2D eigenvalue weighted by Gasteiger charge is -2.00. The zero-order valence-electron chi connectivity index (χ0n) is 7.78. The van der Waals surface area contributed by atoms with Crippen LogP contribution in [0.25, 0.3) is 5.78 Å². The van der Waals surface area contributed by atoms with E-state index in [0.717, 1.165) is 23.6 Å². The summed E-state index contributed by atoms with van der Waals surface area (Å²) in [5.41, 5.74) is 2.27. The third-order valence-corrected chi connectivity index (χ3v) is 1.93. The van der Waals surface area contributed by atoms with Crippen LogP contribution in [0.1, 0.15) is 11.3 Å². The Bertz CT molecular complexity index is 418. The second-order valence-corrected chi connectivity index (χ2v) is 3.08. The lowest BCUT2D eigenvalue weighted by molar-refractivity contribution is 0.779. The molecule has 2 heterocycles. The van der Waals surface area contributed by atoms with Crippen molar-refractivity contribution >= 4 is 5.78 Å². The highest BCUT2D eigenvalue weighted by molar-refractivity contribution is 5.32. The van der Waals surface area contributed by atoms with Crippen LogP contribution in [-0.4, -0.2) is 21.4 Å². The van der Waals surface area contributed by atoms with E-state index < -0.39 is 0 Å². The summed E-state index contributed by atoms with van der Waals surface area (Å²) < 4.78 is 2.01. The van der Waals surface area contributed by atoms with Crippen molar-refractivity contribution in [2.24, 2.45) is 0 Å². The van der Waals surface area contributed by atoms with Crippen molar-refractivity contribution in [3.05, 3.63) is 29.8 Å². The number of nitrogens with zero attached hydrogens (tertiary/aromatic N) is 3. The van der Waals surface area contributed by atoms with Gasteiger partial charge in [0, 0.05) is 18.9 Å². The van der Waals surface area contributed by atoms with Crippen molar-refractivity contribution in [2.45, 2.75) is 13.5 Å². The monoisotopic (exact) mass is 176 g/mol. The molecule has 0 bridgehead atoms. The van der Waals surface area contributed by atoms with Crippen LogP contribution in [0.15, 0.2) is 18.6 Å². The van der Waals surface area contributed by atoms with E-state index in [2.05, 4.69) is 15.3 Å². The fourth-order valence-electron chi connectivity index (χ4n) is 1.33. The van der Waals surface area contributed by atoms with Crippen LogP contribution < -0.4 is 5.32 Å². The minimum Gasteiger partial charge on any atom is -0.314 e. The van der Waals surface area contributed by atoms with Crippen molar-refractivity contribution in [3.63, 3.8) is 0 Å². The van der Waals surface area contributed by atoms with E-state index in [-0.39, 0.29) is 0 Å². The maximum atomic E-state index is 4.21. The zero-order valence-corrected chi connectivity index (χ0v) is 7.78.